The molecule has 2 heterocycles. The Morgan fingerprint density at radius 1 is 1.26 bits per heavy atom. The van der Waals surface area contributed by atoms with Crippen molar-refractivity contribution in [2.45, 2.75) is 31.9 Å². The Bertz CT molecular complexity index is 546. The summed E-state index contributed by atoms with van der Waals surface area (Å²) in [6.45, 7) is 1.08. The number of ether oxygens (including phenoxy) is 1. The van der Waals surface area contributed by atoms with Crippen LogP contribution in [0.15, 0.2) is 18.4 Å². The normalized spacial score (nSPS) is 14.4. The van der Waals surface area contributed by atoms with Crippen LogP contribution in [0.2, 0.25) is 0 Å². The van der Waals surface area contributed by atoms with Gasteiger partial charge in [-0.05, 0) is 31.5 Å². The van der Waals surface area contributed by atoms with Crippen molar-refractivity contribution in [2.24, 2.45) is 0 Å². The van der Waals surface area contributed by atoms with Gasteiger partial charge in [0.25, 0.3) is 5.88 Å². The topological polar surface area (TPSA) is 38.2 Å². The van der Waals surface area contributed by atoms with Gasteiger partial charge in [-0.25, -0.2) is 0 Å². The highest BCUT2D eigenvalue weighted by Gasteiger charge is 2.25. The molecule has 0 atom stereocenters. The van der Waals surface area contributed by atoms with E-state index in [0.29, 0.717) is 25.3 Å². The Morgan fingerprint density at radius 2 is 2.04 bits per heavy atom. The first-order chi connectivity index (χ1) is 10.5. The van der Waals surface area contributed by atoms with Crippen molar-refractivity contribution >= 4 is 41.3 Å². The van der Waals surface area contributed by atoms with Gasteiger partial charge in [0, 0.05) is 25.6 Å². The summed E-state index contributed by atoms with van der Waals surface area (Å²) in [7, 11) is 1.96. The quantitative estimate of drug-likeness (QED) is 0.443. The Hall–Kier alpha value is -0.840. The molecule has 1 aromatic rings. The molecule has 130 valence electrons. The highest BCUT2D eigenvalue weighted by Crippen LogP contribution is 2.27. The van der Waals surface area contributed by atoms with E-state index in [1.165, 1.54) is 0 Å². The Balaban J connectivity index is 0.00000264. The number of hydrogen-bond acceptors (Lipinski definition) is 5. The van der Waals surface area contributed by atoms with E-state index in [2.05, 4.69) is 8.75 Å². The van der Waals surface area contributed by atoms with Crippen LogP contribution in [0, 0.1) is 0 Å². The molecule has 0 radical (unpaired) electrons. The highest BCUT2D eigenvalue weighted by atomic mass is 127. The molecule has 0 aromatic carbocycles. The van der Waals surface area contributed by atoms with Crippen LogP contribution < -0.4 is 4.74 Å². The number of halogens is 4. The predicted molar refractivity (Wildman–Crippen MR) is 95.1 cm³/mol. The third-order valence-electron chi connectivity index (χ3n) is 3.16. The maximum Gasteiger partial charge on any atom is 0.389 e. The van der Waals surface area contributed by atoms with Gasteiger partial charge in [-0.3, -0.25) is 0 Å². The van der Waals surface area contributed by atoms with Crippen LogP contribution in [0.1, 0.15) is 31.4 Å². The number of rotatable bonds is 7. The van der Waals surface area contributed by atoms with Crippen molar-refractivity contribution in [3.05, 3.63) is 24.0 Å². The molecule has 1 aromatic heterocycles. The number of allylic oxidation sites excluding steroid dienone is 2. The first-order valence-electron chi connectivity index (χ1n) is 7.06. The SMILES string of the molecule is CN1C=CC=C(c2nsnc2OCCCCCC(F)(F)F)C1.I. The maximum atomic E-state index is 12.0. The molecule has 4 nitrogen and oxygen atoms in total. The minimum atomic E-state index is -4.07. The van der Waals surface area contributed by atoms with Crippen molar-refractivity contribution < 1.29 is 17.9 Å². The molecule has 1 aliphatic rings. The second-order valence-corrected chi connectivity index (χ2v) is 5.67. The van der Waals surface area contributed by atoms with Crippen molar-refractivity contribution in [1.82, 2.24) is 13.6 Å². The van der Waals surface area contributed by atoms with Gasteiger partial charge in [0.05, 0.1) is 18.3 Å². The van der Waals surface area contributed by atoms with Crippen molar-refractivity contribution in [2.75, 3.05) is 20.2 Å². The van der Waals surface area contributed by atoms with Crippen molar-refractivity contribution in [1.29, 1.82) is 0 Å². The minimum absolute atomic E-state index is 0. The van der Waals surface area contributed by atoms with Gasteiger partial charge < -0.3 is 9.64 Å². The van der Waals surface area contributed by atoms with E-state index in [1.54, 1.807) is 0 Å². The fourth-order valence-electron chi connectivity index (χ4n) is 2.08. The van der Waals surface area contributed by atoms with Gasteiger partial charge in [0.2, 0.25) is 0 Å². The maximum absolute atomic E-state index is 12.0. The summed E-state index contributed by atoms with van der Waals surface area (Å²) in [5.41, 5.74) is 1.74. The molecule has 0 amide bonds. The van der Waals surface area contributed by atoms with Crippen molar-refractivity contribution in [3.63, 3.8) is 0 Å². The largest absolute Gasteiger partial charge is 0.475 e. The van der Waals surface area contributed by atoms with Gasteiger partial charge in [-0.1, -0.05) is 6.08 Å². The van der Waals surface area contributed by atoms with Gasteiger partial charge in [0.15, 0.2) is 0 Å². The van der Waals surface area contributed by atoms with Crippen molar-refractivity contribution in [3.8, 4) is 5.88 Å². The average molecular weight is 461 g/mol. The number of likely N-dealkylation sites (N-methyl/N-ethyl adjacent to an activating group) is 1. The summed E-state index contributed by atoms with van der Waals surface area (Å²) >= 11 is 1.08. The summed E-state index contributed by atoms with van der Waals surface area (Å²) in [5, 5.41) is 0. The minimum Gasteiger partial charge on any atom is -0.475 e. The molecule has 2 rings (SSSR count). The summed E-state index contributed by atoms with van der Waals surface area (Å²) < 4.78 is 50.0. The number of aromatic nitrogens is 2. The molecule has 1 aliphatic heterocycles. The lowest BCUT2D eigenvalue weighted by atomic mass is 10.1. The van der Waals surface area contributed by atoms with E-state index in [9.17, 15) is 13.2 Å². The number of unbranched alkanes of at least 4 members (excludes halogenated alkanes) is 2. The van der Waals surface area contributed by atoms with Crippen LogP contribution in [0.25, 0.3) is 5.57 Å². The zero-order valence-corrected chi connectivity index (χ0v) is 15.8. The third-order valence-corrected chi connectivity index (χ3v) is 3.68. The molecule has 0 bridgehead atoms. The second kappa shape index (κ2) is 9.45. The Kier molecular flexibility index (Phi) is 8.31. The lowest BCUT2D eigenvalue weighted by molar-refractivity contribution is -0.135. The smallest absolute Gasteiger partial charge is 0.389 e. The molecule has 0 N–H and O–H groups in total. The number of nitrogens with zero attached hydrogens (tertiary/aromatic N) is 3. The van der Waals surface area contributed by atoms with Gasteiger partial charge >= 0.3 is 6.18 Å². The molecule has 9 heteroatoms. The average Bonchev–Trinajstić information content (AvgIpc) is 2.90. The molecular formula is C14H19F3IN3OS. The lowest BCUT2D eigenvalue weighted by Gasteiger charge is -2.18. The number of alkyl halides is 3. The van der Waals surface area contributed by atoms with Crippen LogP contribution >= 0.6 is 35.7 Å². The first kappa shape index (κ1) is 20.2. The third kappa shape index (κ3) is 7.06. The van der Waals surface area contributed by atoms with E-state index in [4.69, 9.17) is 4.74 Å². The van der Waals surface area contributed by atoms with E-state index >= 15 is 0 Å². The fourth-order valence-corrected chi connectivity index (χ4v) is 2.61. The molecule has 0 saturated carbocycles. The molecule has 0 spiro atoms. The molecule has 0 fully saturated rings. The molecule has 23 heavy (non-hydrogen) atoms. The summed E-state index contributed by atoms with van der Waals surface area (Å²) in [6, 6.07) is 0. The van der Waals surface area contributed by atoms with Gasteiger partial charge in [0.1, 0.15) is 5.69 Å². The second-order valence-electron chi connectivity index (χ2n) is 5.14. The summed E-state index contributed by atoms with van der Waals surface area (Å²) in [4.78, 5) is 2.02. The van der Waals surface area contributed by atoms with Crippen LogP contribution in [0.3, 0.4) is 0 Å². The summed E-state index contributed by atoms with van der Waals surface area (Å²) in [5.74, 6) is 0.468. The summed E-state index contributed by atoms with van der Waals surface area (Å²) in [6.07, 6.45) is 2.25. The van der Waals surface area contributed by atoms with Crippen LogP contribution in [0.5, 0.6) is 5.88 Å². The first-order valence-corrected chi connectivity index (χ1v) is 7.79. The lowest BCUT2D eigenvalue weighted by Crippen LogP contribution is -2.16. The molecule has 0 aliphatic carbocycles. The standard InChI is InChI=1S/C14H18F3N3OS.HI/c1-20-8-5-6-11(10-20)12-13(19-22-18-12)21-9-4-2-3-7-14(15,16)17;/h5-6,8H,2-4,7,9-10H2,1H3;1H. The Labute approximate surface area is 154 Å². The van der Waals surface area contributed by atoms with Gasteiger partial charge in [-0.2, -0.15) is 17.5 Å². The van der Waals surface area contributed by atoms with E-state index in [-0.39, 0.29) is 30.4 Å². The molecule has 0 saturated heterocycles. The highest BCUT2D eigenvalue weighted by molar-refractivity contribution is 14.0. The zero-order valence-electron chi connectivity index (χ0n) is 12.7. The van der Waals surface area contributed by atoms with E-state index < -0.39 is 12.6 Å². The Morgan fingerprint density at radius 3 is 2.74 bits per heavy atom. The van der Waals surface area contributed by atoms with Gasteiger partial charge in [-0.15, -0.1) is 28.4 Å². The fraction of sp³-hybridized carbons (Fsp3) is 0.571. The van der Waals surface area contributed by atoms with Crippen LogP contribution in [0.4, 0.5) is 13.2 Å². The molecule has 0 unspecified atom stereocenters. The number of hydrogen-bond donors (Lipinski definition) is 0. The van der Waals surface area contributed by atoms with Crippen LogP contribution in [-0.2, 0) is 0 Å². The predicted octanol–water partition coefficient (Wildman–Crippen LogP) is 4.50. The zero-order chi connectivity index (χ0) is 16.0. The van der Waals surface area contributed by atoms with E-state index in [0.717, 1.165) is 29.5 Å². The molecular weight excluding hydrogens is 442 g/mol. The van der Waals surface area contributed by atoms with E-state index in [1.807, 2.05) is 30.3 Å². The van der Waals surface area contributed by atoms with Crippen LogP contribution in [-0.4, -0.2) is 40.0 Å². The monoisotopic (exact) mass is 461 g/mol.